The minimum atomic E-state index is -3.28. The monoisotopic (exact) mass is 510 g/mol. The Hall–Kier alpha value is -1.66. The maximum Gasteiger partial charge on any atom is 0.175 e. The molecule has 150 valence electrons. The molecular formula is C22H17BrCl2O3S. The molecule has 3 aromatic rings. The lowest BCUT2D eigenvalue weighted by Crippen LogP contribution is -2.06. The molecule has 0 aliphatic rings. The third-order valence-corrected chi connectivity index (χ3v) is 6.64. The van der Waals surface area contributed by atoms with Gasteiger partial charge in [0.05, 0.1) is 14.9 Å². The molecule has 3 rings (SSSR count). The Morgan fingerprint density at radius 3 is 1.90 bits per heavy atom. The first kappa shape index (κ1) is 22.0. The van der Waals surface area contributed by atoms with Crippen LogP contribution in [-0.4, -0.2) is 20.5 Å². The molecule has 0 radical (unpaired) electrons. The van der Waals surface area contributed by atoms with E-state index in [4.69, 9.17) is 23.2 Å². The van der Waals surface area contributed by atoms with E-state index in [9.17, 15) is 13.2 Å². The van der Waals surface area contributed by atoms with Crippen molar-refractivity contribution in [3.8, 4) is 11.1 Å². The topological polar surface area (TPSA) is 51.2 Å². The molecule has 0 unspecified atom stereocenters. The highest BCUT2D eigenvalue weighted by atomic mass is 79.9. The van der Waals surface area contributed by atoms with Gasteiger partial charge in [0.2, 0.25) is 0 Å². The van der Waals surface area contributed by atoms with Gasteiger partial charge in [0, 0.05) is 29.1 Å². The van der Waals surface area contributed by atoms with Crippen molar-refractivity contribution in [2.45, 2.75) is 17.7 Å². The van der Waals surface area contributed by atoms with Crippen LogP contribution in [0, 0.1) is 0 Å². The van der Waals surface area contributed by atoms with Gasteiger partial charge < -0.3 is 0 Å². The molecule has 0 N–H and O–H groups in total. The SMILES string of the molecule is CS(=O)(=O)c1ccc(-c2c(Cl)cc(CC(=O)Cc3ccc(Br)cc3)cc2Cl)cc1. The number of benzene rings is 3. The van der Waals surface area contributed by atoms with Gasteiger partial charge in [-0.25, -0.2) is 8.42 Å². The second-order valence-electron chi connectivity index (χ2n) is 6.75. The molecule has 29 heavy (non-hydrogen) atoms. The number of rotatable bonds is 6. The number of carbonyl (C=O) groups excluding carboxylic acids is 1. The summed E-state index contributed by atoms with van der Waals surface area (Å²) in [5.74, 6) is 0.0599. The quantitative estimate of drug-likeness (QED) is 0.397. The molecule has 0 saturated carbocycles. The summed E-state index contributed by atoms with van der Waals surface area (Å²) in [4.78, 5) is 12.6. The summed E-state index contributed by atoms with van der Waals surface area (Å²) in [7, 11) is -3.28. The van der Waals surface area contributed by atoms with E-state index in [1.807, 2.05) is 24.3 Å². The predicted octanol–water partition coefficient (Wildman–Crippen LogP) is 6.18. The van der Waals surface area contributed by atoms with Gasteiger partial charge in [-0.1, -0.05) is 63.4 Å². The van der Waals surface area contributed by atoms with Crippen LogP contribution in [0.1, 0.15) is 11.1 Å². The van der Waals surface area contributed by atoms with Gasteiger partial charge in [0.25, 0.3) is 0 Å². The summed E-state index contributed by atoms with van der Waals surface area (Å²) in [5.41, 5.74) is 2.99. The van der Waals surface area contributed by atoms with E-state index in [2.05, 4.69) is 15.9 Å². The van der Waals surface area contributed by atoms with Gasteiger partial charge in [-0.3, -0.25) is 4.79 Å². The average molecular weight is 512 g/mol. The summed E-state index contributed by atoms with van der Waals surface area (Å²) < 4.78 is 24.2. The molecule has 0 atom stereocenters. The highest BCUT2D eigenvalue weighted by Crippen LogP contribution is 2.36. The molecule has 3 aromatic carbocycles. The van der Waals surface area contributed by atoms with Crippen LogP contribution in [-0.2, 0) is 27.5 Å². The lowest BCUT2D eigenvalue weighted by molar-refractivity contribution is -0.117. The highest BCUT2D eigenvalue weighted by Gasteiger charge is 2.14. The third-order valence-electron chi connectivity index (χ3n) is 4.39. The standard InChI is InChI=1S/C22H17BrCl2O3S/c1-29(27,28)19-8-4-16(5-9-19)22-20(24)12-15(13-21(22)25)11-18(26)10-14-2-6-17(23)7-3-14/h2-9,12-13H,10-11H2,1H3. The minimum Gasteiger partial charge on any atom is -0.299 e. The van der Waals surface area contributed by atoms with Gasteiger partial charge >= 0.3 is 0 Å². The predicted molar refractivity (Wildman–Crippen MR) is 122 cm³/mol. The summed E-state index contributed by atoms with van der Waals surface area (Å²) in [6, 6.07) is 17.5. The molecule has 0 fully saturated rings. The van der Waals surface area contributed by atoms with E-state index in [0.29, 0.717) is 27.6 Å². The molecule has 0 heterocycles. The van der Waals surface area contributed by atoms with Gasteiger partial charge in [0.15, 0.2) is 9.84 Å². The zero-order valence-electron chi connectivity index (χ0n) is 15.5. The number of carbonyl (C=O) groups is 1. The normalized spacial score (nSPS) is 11.4. The first-order valence-electron chi connectivity index (χ1n) is 8.68. The van der Waals surface area contributed by atoms with Crippen LogP contribution in [0.5, 0.6) is 0 Å². The number of hydrogen-bond donors (Lipinski definition) is 0. The molecule has 3 nitrogen and oxygen atoms in total. The van der Waals surface area contributed by atoms with Crippen LogP contribution < -0.4 is 0 Å². The fourth-order valence-electron chi connectivity index (χ4n) is 2.99. The Bertz CT molecular complexity index is 1130. The molecule has 0 spiro atoms. The molecule has 0 aromatic heterocycles. The summed E-state index contributed by atoms with van der Waals surface area (Å²) in [5, 5.41) is 0.826. The first-order valence-corrected chi connectivity index (χ1v) is 12.1. The summed E-state index contributed by atoms with van der Waals surface area (Å²) in [6.07, 6.45) is 1.71. The zero-order valence-corrected chi connectivity index (χ0v) is 19.4. The fourth-order valence-corrected chi connectivity index (χ4v) is 4.64. The second-order valence-corrected chi connectivity index (χ2v) is 10.5. The third kappa shape index (κ3) is 5.70. The Morgan fingerprint density at radius 2 is 1.38 bits per heavy atom. The highest BCUT2D eigenvalue weighted by molar-refractivity contribution is 9.10. The Kier molecular flexibility index (Phi) is 6.84. The molecule has 7 heteroatoms. The Morgan fingerprint density at radius 1 is 0.862 bits per heavy atom. The van der Waals surface area contributed by atoms with Crippen molar-refractivity contribution in [1.82, 2.24) is 0 Å². The molecule has 0 aliphatic carbocycles. The van der Waals surface area contributed by atoms with Gasteiger partial charge in [-0.15, -0.1) is 0 Å². The van der Waals surface area contributed by atoms with Crippen LogP contribution in [0.4, 0.5) is 0 Å². The molecular weight excluding hydrogens is 495 g/mol. The maximum atomic E-state index is 12.4. The van der Waals surface area contributed by atoms with Crippen LogP contribution in [0.3, 0.4) is 0 Å². The van der Waals surface area contributed by atoms with E-state index >= 15 is 0 Å². The van der Waals surface area contributed by atoms with Crippen LogP contribution in [0.25, 0.3) is 11.1 Å². The van der Waals surface area contributed by atoms with E-state index in [0.717, 1.165) is 21.9 Å². The van der Waals surface area contributed by atoms with E-state index in [-0.39, 0.29) is 17.1 Å². The van der Waals surface area contributed by atoms with Crippen molar-refractivity contribution in [2.24, 2.45) is 0 Å². The fraction of sp³-hybridized carbons (Fsp3) is 0.136. The molecule has 0 amide bonds. The number of Topliss-reactive ketones (excluding diaryl/α,β-unsaturated/α-hetero) is 1. The lowest BCUT2D eigenvalue weighted by atomic mass is 9.99. The van der Waals surface area contributed by atoms with Crippen LogP contribution in [0.15, 0.2) is 70.0 Å². The lowest BCUT2D eigenvalue weighted by Gasteiger charge is -2.11. The van der Waals surface area contributed by atoms with Crippen LogP contribution in [0.2, 0.25) is 10.0 Å². The van der Waals surface area contributed by atoms with Crippen molar-refractivity contribution >= 4 is 54.8 Å². The van der Waals surface area contributed by atoms with Crippen molar-refractivity contribution < 1.29 is 13.2 Å². The van der Waals surface area contributed by atoms with Gasteiger partial charge in [-0.2, -0.15) is 0 Å². The average Bonchev–Trinajstić information content (AvgIpc) is 2.63. The van der Waals surface area contributed by atoms with Crippen molar-refractivity contribution in [1.29, 1.82) is 0 Å². The van der Waals surface area contributed by atoms with Crippen molar-refractivity contribution in [3.63, 3.8) is 0 Å². The van der Waals surface area contributed by atoms with Gasteiger partial charge in [-0.05, 0) is 53.1 Å². The van der Waals surface area contributed by atoms with Crippen molar-refractivity contribution in [3.05, 3.63) is 86.3 Å². The number of halogens is 3. The molecule has 0 aliphatic heterocycles. The first-order chi connectivity index (χ1) is 13.6. The van der Waals surface area contributed by atoms with Crippen LogP contribution >= 0.6 is 39.1 Å². The Labute approximate surface area is 188 Å². The number of sulfone groups is 1. The molecule has 0 saturated heterocycles. The second kappa shape index (κ2) is 9.00. The van der Waals surface area contributed by atoms with E-state index in [1.165, 1.54) is 12.1 Å². The van der Waals surface area contributed by atoms with E-state index in [1.54, 1.807) is 24.3 Å². The maximum absolute atomic E-state index is 12.4. The Balaban J connectivity index is 1.80. The smallest absolute Gasteiger partial charge is 0.175 e. The number of ketones is 1. The summed E-state index contributed by atoms with van der Waals surface area (Å²) >= 11 is 16.3. The largest absolute Gasteiger partial charge is 0.299 e. The van der Waals surface area contributed by atoms with E-state index < -0.39 is 9.84 Å². The number of hydrogen-bond acceptors (Lipinski definition) is 3. The molecule has 0 bridgehead atoms. The minimum absolute atomic E-state index is 0.0599. The van der Waals surface area contributed by atoms with Crippen molar-refractivity contribution in [2.75, 3.05) is 6.26 Å². The summed E-state index contributed by atoms with van der Waals surface area (Å²) in [6.45, 7) is 0. The zero-order chi connectivity index (χ0) is 21.2. The van der Waals surface area contributed by atoms with Gasteiger partial charge in [0.1, 0.15) is 5.78 Å².